The monoisotopic (exact) mass is 343 g/mol. The minimum absolute atomic E-state index is 0.0609. The van der Waals surface area contributed by atoms with Gasteiger partial charge in [-0.15, -0.1) is 0 Å². The minimum atomic E-state index is -0.0981. The lowest BCUT2D eigenvalue weighted by Gasteiger charge is -2.12. The summed E-state index contributed by atoms with van der Waals surface area (Å²) in [6.45, 7) is 8.27. The molecular formula is C17H21N5OS. The molecule has 6 nitrogen and oxygen atoms in total. The third-order valence-electron chi connectivity index (χ3n) is 3.51. The second kappa shape index (κ2) is 6.68. The smallest absolute Gasteiger partial charge is 0.231 e. The highest BCUT2D eigenvalue weighted by Crippen LogP contribution is 2.25. The Kier molecular flexibility index (Phi) is 4.62. The quantitative estimate of drug-likeness (QED) is 0.755. The van der Waals surface area contributed by atoms with Crippen molar-refractivity contribution >= 4 is 16.7 Å². The van der Waals surface area contributed by atoms with Gasteiger partial charge in [0.1, 0.15) is 5.82 Å². The first-order valence-electron chi connectivity index (χ1n) is 7.89. The average Bonchev–Trinajstić information content (AvgIpc) is 3.17. The molecule has 2 heterocycles. The van der Waals surface area contributed by atoms with Crippen LogP contribution in [0.1, 0.15) is 56.8 Å². The van der Waals surface area contributed by atoms with Gasteiger partial charge in [-0.2, -0.15) is 9.36 Å². The highest BCUT2D eigenvalue weighted by Gasteiger charge is 2.21. The molecule has 1 N–H and O–H groups in total. The van der Waals surface area contributed by atoms with Crippen molar-refractivity contribution in [2.75, 3.05) is 5.32 Å². The van der Waals surface area contributed by atoms with E-state index in [1.165, 1.54) is 11.5 Å². The molecule has 7 heteroatoms. The van der Waals surface area contributed by atoms with Gasteiger partial charge in [0.25, 0.3) is 0 Å². The van der Waals surface area contributed by atoms with Crippen LogP contribution < -0.4 is 5.32 Å². The van der Waals surface area contributed by atoms with Gasteiger partial charge in [0, 0.05) is 16.9 Å². The molecule has 0 spiro atoms. The van der Waals surface area contributed by atoms with Crippen LogP contribution in [0.4, 0.5) is 5.13 Å². The molecule has 0 fully saturated rings. The molecule has 0 aliphatic heterocycles. The zero-order valence-electron chi connectivity index (χ0n) is 14.3. The Labute approximate surface area is 145 Å². The van der Waals surface area contributed by atoms with Gasteiger partial charge in [0.2, 0.25) is 11.0 Å². The van der Waals surface area contributed by atoms with Crippen molar-refractivity contribution in [3.8, 4) is 0 Å². The van der Waals surface area contributed by atoms with Gasteiger partial charge in [0.15, 0.2) is 5.82 Å². The van der Waals surface area contributed by atoms with E-state index in [1.807, 2.05) is 37.3 Å². The first-order valence-corrected chi connectivity index (χ1v) is 8.66. The molecular weight excluding hydrogens is 322 g/mol. The van der Waals surface area contributed by atoms with E-state index < -0.39 is 0 Å². The summed E-state index contributed by atoms with van der Waals surface area (Å²) in [6, 6.07) is 9.97. The predicted octanol–water partition coefficient (Wildman–Crippen LogP) is 3.98. The van der Waals surface area contributed by atoms with Crippen molar-refractivity contribution in [1.29, 1.82) is 0 Å². The van der Waals surface area contributed by atoms with Crippen molar-refractivity contribution in [2.45, 2.75) is 45.6 Å². The Bertz CT molecular complexity index is 791. The maximum Gasteiger partial charge on any atom is 0.231 e. The van der Waals surface area contributed by atoms with Crippen molar-refractivity contribution in [3.63, 3.8) is 0 Å². The zero-order chi connectivity index (χ0) is 17.2. The predicted molar refractivity (Wildman–Crippen MR) is 94.2 cm³/mol. The van der Waals surface area contributed by atoms with E-state index in [4.69, 9.17) is 4.52 Å². The summed E-state index contributed by atoms with van der Waals surface area (Å²) >= 11 is 1.35. The van der Waals surface area contributed by atoms with E-state index in [-0.39, 0.29) is 11.5 Å². The summed E-state index contributed by atoms with van der Waals surface area (Å²) in [5.74, 6) is 2.06. The molecule has 1 aromatic carbocycles. The second-order valence-electron chi connectivity index (χ2n) is 6.75. The van der Waals surface area contributed by atoms with Crippen LogP contribution in [0.3, 0.4) is 0 Å². The third kappa shape index (κ3) is 3.97. The molecule has 0 saturated heterocycles. The normalized spacial score (nSPS) is 13.0. The Morgan fingerprint density at radius 1 is 1.17 bits per heavy atom. The van der Waals surface area contributed by atoms with Gasteiger partial charge in [-0.1, -0.05) is 56.3 Å². The Hall–Kier alpha value is -2.28. The molecule has 0 radical (unpaired) electrons. The first kappa shape index (κ1) is 16.6. The van der Waals surface area contributed by atoms with E-state index in [0.717, 1.165) is 16.5 Å². The second-order valence-corrected chi connectivity index (χ2v) is 7.50. The molecule has 0 amide bonds. The molecule has 0 aliphatic rings. The number of nitrogens with one attached hydrogen (secondary N) is 1. The van der Waals surface area contributed by atoms with Crippen molar-refractivity contribution < 1.29 is 4.52 Å². The number of anilines is 1. The topological polar surface area (TPSA) is 76.7 Å². The fourth-order valence-corrected chi connectivity index (χ4v) is 2.97. The van der Waals surface area contributed by atoms with Crippen molar-refractivity contribution in [2.24, 2.45) is 0 Å². The SMILES string of the molecule is CC(Nc1nc(C(C)(C)C)ns1)c1noc(Cc2ccccc2)n1. The van der Waals surface area contributed by atoms with E-state index in [0.29, 0.717) is 18.1 Å². The Balaban J connectivity index is 1.65. The van der Waals surface area contributed by atoms with Gasteiger partial charge in [-0.05, 0) is 12.5 Å². The fraction of sp³-hybridized carbons (Fsp3) is 0.412. The lowest BCUT2D eigenvalue weighted by Crippen LogP contribution is -2.14. The number of rotatable bonds is 5. The van der Waals surface area contributed by atoms with Gasteiger partial charge in [0.05, 0.1) is 12.5 Å². The number of aromatic nitrogens is 4. The van der Waals surface area contributed by atoms with Crippen LogP contribution in [0, 0.1) is 0 Å². The fourth-order valence-electron chi connectivity index (χ4n) is 2.12. The summed E-state index contributed by atoms with van der Waals surface area (Å²) in [7, 11) is 0. The molecule has 1 atom stereocenters. The number of hydrogen-bond acceptors (Lipinski definition) is 7. The lowest BCUT2D eigenvalue weighted by atomic mass is 9.96. The number of benzene rings is 1. The van der Waals surface area contributed by atoms with Crippen LogP contribution >= 0.6 is 11.5 Å². The van der Waals surface area contributed by atoms with E-state index in [2.05, 4.69) is 45.6 Å². The molecule has 126 valence electrons. The van der Waals surface area contributed by atoms with Crippen LogP contribution in [-0.2, 0) is 11.8 Å². The van der Waals surface area contributed by atoms with Crippen molar-refractivity contribution in [3.05, 3.63) is 53.4 Å². The standard InChI is InChI=1S/C17H21N5OS/c1-11(18-16-20-15(22-24-16)17(2,3)4)14-19-13(23-21-14)10-12-8-6-5-7-9-12/h5-9,11H,10H2,1-4H3,(H,18,20,22). The van der Waals surface area contributed by atoms with E-state index in [1.54, 1.807) is 0 Å². The summed E-state index contributed by atoms with van der Waals surface area (Å²) in [5.41, 5.74) is 1.08. The molecule has 24 heavy (non-hydrogen) atoms. The highest BCUT2D eigenvalue weighted by molar-refractivity contribution is 7.09. The summed E-state index contributed by atoms with van der Waals surface area (Å²) in [6.07, 6.45) is 0.632. The molecule has 3 aromatic rings. The first-order chi connectivity index (χ1) is 11.4. The number of nitrogens with zero attached hydrogens (tertiary/aromatic N) is 4. The minimum Gasteiger partial charge on any atom is -0.350 e. The summed E-state index contributed by atoms with van der Waals surface area (Å²) in [4.78, 5) is 9.01. The molecule has 0 aliphatic carbocycles. The molecule has 2 aromatic heterocycles. The highest BCUT2D eigenvalue weighted by atomic mass is 32.1. The van der Waals surface area contributed by atoms with Crippen LogP contribution in [-0.4, -0.2) is 19.5 Å². The van der Waals surface area contributed by atoms with Gasteiger partial charge >= 0.3 is 0 Å². The van der Waals surface area contributed by atoms with Gasteiger partial charge in [-0.25, -0.2) is 4.98 Å². The van der Waals surface area contributed by atoms with E-state index in [9.17, 15) is 0 Å². The largest absolute Gasteiger partial charge is 0.350 e. The van der Waals surface area contributed by atoms with Crippen LogP contribution in [0.25, 0.3) is 0 Å². The molecule has 0 saturated carbocycles. The van der Waals surface area contributed by atoms with Crippen LogP contribution in [0.2, 0.25) is 0 Å². The molecule has 1 unspecified atom stereocenters. The molecule has 3 rings (SSSR count). The maximum atomic E-state index is 5.35. The van der Waals surface area contributed by atoms with Crippen molar-refractivity contribution in [1.82, 2.24) is 19.5 Å². The Morgan fingerprint density at radius 2 is 1.92 bits per heavy atom. The van der Waals surface area contributed by atoms with Gasteiger partial charge in [-0.3, -0.25) is 0 Å². The zero-order valence-corrected chi connectivity index (χ0v) is 15.1. The third-order valence-corrected chi connectivity index (χ3v) is 4.15. The summed E-state index contributed by atoms with van der Waals surface area (Å²) < 4.78 is 9.75. The molecule has 0 bridgehead atoms. The van der Waals surface area contributed by atoms with Crippen LogP contribution in [0.15, 0.2) is 34.9 Å². The maximum absolute atomic E-state index is 5.35. The summed E-state index contributed by atoms with van der Waals surface area (Å²) in [5, 5.41) is 8.13. The number of hydrogen-bond donors (Lipinski definition) is 1. The van der Waals surface area contributed by atoms with Crippen LogP contribution in [0.5, 0.6) is 0 Å². The van der Waals surface area contributed by atoms with Gasteiger partial charge < -0.3 is 9.84 Å². The Morgan fingerprint density at radius 3 is 2.58 bits per heavy atom. The average molecular weight is 343 g/mol. The lowest BCUT2D eigenvalue weighted by molar-refractivity contribution is 0.378. The van der Waals surface area contributed by atoms with E-state index >= 15 is 0 Å².